The first kappa shape index (κ1) is 9.69. The molecule has 2 aromatic rings. The molecule has 1 aromatic carbocycles. The van der Waals surface area contributed by atoms with E-state index in [0.717, 1.165) is 0 Å². The van der Waals surface area contributed by atoms with E-state index in [9.17, 15) is 4.39 Å². The first-order chi connectivity index (χ1) is 7.22. The summed E-state index contributed by atoms with van der Waals surface area (Å²) >= 11 is 5.68. The van der Waals surface area contributed by atoms with E-state index >= 15 is 0 Å². The number of aromatic nitrogens is 2. The van der Waals surface area contributed by atoms with Gasteiger partial charge >= 0.3 is 0 Å². The van der Waals surface area contributed by atoms with Crippen molar-refractivity contribution in [1.29, 1.82) is 5.26 Å². The highest BCUT2D eigenvalue weighted by molar-refractivity contribution is 6.30. The molecule has 2 rings (SSSR count). The molecule has 0 aliphatic heterocycles. The van der Waals surface area contributed by atoms with Gasteiger partial charge in [0.05, 0.1) is 5.56 Å². The summed E-state index contributed by atoms with van der Waals surface area (Å²) in [4.78, 5) is 6.52. The zero-order valence-corrected chi connectivity index (χ0v) is 8.22. The maximum absolute atomic E-state index is 13.3. The van der Waals surface area contributed by atoms with Gasteiger partial charge in [0.15, 0.2) is 5.69 Å². The Bertz CT molecular complexity index is 542. The molecule has 1 aromatic heterocycles. The van der Waals surface area contributed by atoms with E-state index in [2.05, 4.69) is 9.97 Å². The van der Waals surface area contributed by atoms with Gasteiger partial charge in [-0.3, -0.25) is 0 Å². The van der Waals surface area contributed by atoms with E-state index in [1.807, 2.05) is 6.07 Å². The Kier molecular flexibility index (Phi) is 2.40. The fourth-order valence-corrected chi connectivity index (χ4v) is 1.38. The van der Waals surface area contributed by atoms with Gasteiger partial charge in [-0.1, -0.05) is 23.7 Å². The molecule has 0 unspecified atom stereocenters. The highest BCUT2D eigenvalue weighted by Crippen LogP contribution is 2.22. The first-order valence-electron chi connectivity index (χ1n) is 4.13. The van der Waals surface area contributed by atoms with Gasteiger partial charge in [-0.05, 0) is 12.1 Å². The summed E-state index contributed by atoms with van der Waals surface area (Å²) in [5.74, 6) is -0.151. The summed E-state index contributed by atoms with van der Waals surface area (Å²) in [5, 5.41) is 8.76. The van der Waals surface area contributed by atoms with Gasteiger partial charge in [0.25, 0.3) is 0 Å². The molecule has 5 heteroatoms. The van der Waals surface area contributed by atoms with Crippen molar-refractivity contribution in [1.82, 2.24) is 9.97 Å². The summed E-state index contributed by atoms with van der Waals surface area (Å²) in [6.07, 6.45) is 0. The number of hydrogen-bond donors (Lipinski definition) is 1. The fraction of sp³-hybridized carbons (Fsp3) is 0. The number of nitrogens with one attached hydrogen (secondary N) is 1. The van der Waals surface area contributed by atoms with Crippen molar-refractivity contribution in [2.24, 2.45) is 0 Å². The van der Waals surface area contributed by atoms with Crippen LogP contribution in [0.25, 0.3) is 11.4 Å². The number of nitrogens with zero attached hydrogens (tertiary/aromatic N) is 2. The predicted octanol–water partition coefficient (Wildman–Crippen LogP) is 2.74. The Morgan fingerprint density at radius 1 is 1.40 bits per heavy atom. The molecule has 3 nitrogen and oxygen atoms in total. The van der Waals surface area contributed by atoms with Crippen molar-refractivity contribution < 1.29 is 4.39 Å². The van der Waals surface area contributed by atoms with Gasteiger partial charge in [-0.2, -0.15) is 5.26 Å². The molecule has 1 heterocycles. The second kappa shape index (κ2) is 3.71. The number of halogens is 2. The SMILES string of the molecule is N#Cc1nc(-c2ccccc2F)[nH]c1Cl. The molecule has 15 heavy (non-hydrogen) atoms. The third kappa shape index (κ3) is 1.69. The Morgan fingerprint density at radius 3 is 2.73 bits per heavy atom. The van der Waals surface area contributed by atoms with Crippen LogP contribution in [0.2, 0.25) is 5.15 Å². The van der Waals surface area contributed by atoms with Crippen molar-refractivity contribution in [3.05, 3.63) is 40.9 Å². The summed E-state index contributed by atoms with van der Waals surface area (Å²) in [5.41, 5.74) is 0.357. The lowest BCUT2D eigenvalue weighted by Crippen LogP contribution is -1.85. The lowest BCUT2D eigenvalue weighted by Gasteiger charge is -1.96. The van der Waals surface area contributed by atoms with Crippen LogP contribution in [0.1, 0.15) is 5.69 Å². The summed E-state index contributed by atoms with van der Waals surface area (Å²) in [6, 6.07) is 7.95. The molecule has 0 fully saturated rings. The van der Waals surface area contributed by atoms with Crippen LogP contribution >= 0.6 is 11.6 Å². The minimum absolute atomic E-state index is 0.0647. The maximum Gasteiger partial charge on any atom is 0.178 e. The second-order valence-electron chi connectivity index (χ2n) is 2.84. The molecular formula is C10H5ClFN3. The molecule has 74 valence electrons. The van der Waals surface area contributed by atoms with Crippen molar-refractivity contribution >= 4 is 11.6 Å². The zero-order chi connectivity index (χ0) is 10.8. The van der Waals surface area contributed by atoms with Gasteiger partial charge in [-0.25, -0.2) is 9.37 Å². The smallest absolute Gasteiger partial charge is 0.178 e. The second-order valence-corrected chi connectivity index (χ2v) is 3.22. The third-order valence-electron chi connectivity index (χ3n) is 1.89. The molecule has 0 saturated heterocycles. The van der Waals surface area contributed by atoms with E-state index in [-0.39, 0.29) is 16.7 Å². The van der Waals surface area contributed by atoms with Crippen LogP contribution in [0.15, 0.2) is 24.3 Å². The van der Waals surface area contributed by atoms with Gasteiger partial charge in [0, 0.05) is 0 Å². The summed E-state index contributed by atoms with van der Waals surface area (Å²) in [6.45, 7) is 0. The standard InChI is InChI=1S/C10H5ClFN3/c11-9-8(5-13)14-10(15-9)6-3-1-2-4-7(6)12/h1-4H,(H,14,15). The molecule has 0 amide bonds. The van der Waals surface area contributed by atoms with Gasteiger partial charge in [0.2, 0.25) is 0 Å². The molecule has 0 spiro atoms. The lowest BCUT2D eigenvalue weighted by molar-refractivity contribution is 0.630. The molecule has 0 aliphatic rings. The van der Waals surface area contributed by atoms with Crippen LogP contribution in [-0.2, 0) is 0 Å². The number of imidazole rings is 1. The molecular weight excluding hydrogens is 217 g/mol. The largest absolute Gasteiger partial charge is 0.328 e. The zero-order valence-electron chi connectivity index (χ0n) is 7.46. The van der Waals surface area contributed by atoms with Crippen LogP contribution in [-0.4, -0.2) is 9.97 Å². The normalized spacial score (nSPS) is 9.93. The molecule has 0 bridgehead atoms. The lowest BCUT2D eigenvalue weighted by atomic mass is 10.2. The summed E-state index contributed by atoms with van der Waals surface area (Å²) < 4.78 is 13.3. The Hall–Kier alpha value is -1.86. The van der Waals surface area contributed by atoms with Gasteiger partial charge < -0.3 is 4.98 Å². The van der Waals surface area contributed by atoms with Gasteiger partial charge in [-0.15, -0.1) is 0 Å². The molecule has 0 aliphatic carbocycles. The highest BCUT2D eigenvalue weighted by atomic mass is 35.5. The minimum Gasteiger partial charge on any atom is -0.328 e. The monoisotopic (exact) mass is 221 g/mol. The molecule has 0 atom stereocenters. The van der Waals surface area contributed by atoms with E-state index in [0.29, 0.717) is 5.56 Å². The maximum atomic E-state index is 13.3. The molecule has 1 N–H and O–H groups in total. The van der Waals surface area contributed by atoms with Gasteiger partial charge in [0.1, 0.15) is 22.9 Å². The predicted molar refractivity (Wildman–Crippen MR) is 53.7 cm³/mol. The minimum atomic E-state index is -0.410. The highest BCUT2D eigenvalue weighted by Gasteiger charge is 2.11. The Balaban J connectivity index is 2.56. The van der Waals surface area contributed by atoms with E-state index in [1.165, 1.54) is 6.07 Å². The topological polar surface area (TPSA) is 52.5 Å². The van der Waals surface area contributed by atoms with E-state index in [4.69, 9.17) is 16.9 Å². The van der Waals surface area contributed by atoms with E-state index in [1.54, 1.807) is 18.2 Å². The van der Waals surface area contributed by atoms with E-state index < -0.39 is 5.82 Å². The number of hydrogen-bond acceptors (Lipinski definition) is 2. The number of H-pyrrole nitrogens is 1. The summed E-state index contributed by atoms with van der Waals surface area (Å²) in [7, 11) is 0. The van der Waals surface area contributed by atoms with Crippen LogP contribution in [0, 0.1) is 17.1 Å². The molecule has 0 radical (unpaired) electrons. The van der Waals surface area contributed by atoms with Crippen LogP contribution in [0.4, 0.5) is 4.39 Å². The van der Waals surface area contributed by atoms with Crippen molar-refractivity contribution in [3.63, 3.8) is 0 Å². The number of rotatable bonds is 1. The Labute approximate surface area is 90.1 Å². The average Bonchev–Trinajstić information content (AvgIpc) is 2.60. The third-order valence-corrected chi connectivity index (χ3v) is 2.17. The first-order valence-corrected chi connectivity index (χ1v) is 4.50. The number of nitriles is 1. The quantitative estimate of drug-likeness (QED) is 0.805. The fourth-order valence-electron chi connectivity index (χ4n) is 1.21. The Morgan fingerprint density at radius 2 is 2.13 bits per heavy atom. The molecule has 0 saturated carbocycles. The van der Waals surface area contributed by atoms with Crippen molar-refractivity contribution in [2.45, 2.75) is 0 Å². The van der Waals surface area contributed by atoms with Crippen molar-refractivity contribution in [3.8, 4) is 17.5 Å². The van der Waals surface area contributed by atoms with Crippen LogP contribution in [0.5, 0.6) is 0 Å². The van der Waals surface area contributed by atoms with Crippen LogP contribution in [0.3, 0.4) is 0 Å². The number of aromatic amines is 1. The van der Waals surface area contributed by atoms with Crippen molar-refractivity contribution in [2.75, 3.05) is 0 Å². The number of benzene rings is 1. The van der Waals surface area contributed by atoms with Crippen LogP contribution < -0.4 is 0 Å². The average molecular weight is 222 g/mol.